The van der Waals surface area contributed by atoms with Crippen LogP contribution in [0.15, 0.2) is 0 Å². The van der Waals surface area contributed by atoms with E-state index in [2.05, 4.69) is 19.2 Å². The molecule has 0 aromatic carbocycles. The number of hydrogen-bond donors (Lipinski definition) is 2. The van der Waals surface area contributed by atoms with Crippen molar-refractivity contribution in [3.63, 3.8) is 0 Å². The lowest BCUT2D eigenvalue weighted by Crippen LogP contribution is -2.50. The van der Waals surface area contributed by atoms with Crippen LogP contribution in [0, 0.1) is 5.92 Å². The molecule has 0 saturated heterocycles. The van der Waals surface area contributed by atoms with Crippen molar-refractivity contribution in [3.8, 4) is 0 Å². The van der Waals surface area contributed by atoms with Crippen LogP contribution in [-0.2, 0) is 4.79 Å². The number of carboxylic acids is 1. The maximum atomic E-state index is 11.2. The van der Waals surface area contributed by atoms with Crippen LogP contribution >= 0.6 is 11.8 Å². The van der Waals surface area contributed by atoms with Gasteiger partial charge in [0.25, 0.3) is 0 Å². The van der Waals surface area contributed by atoms with Crippen LogP contribution in [-0.4, -0.2) is 34.7 Å². The highest BCUT2D eigenvalue weighted by atomic mass is 32.2. The number of thioether (sulfide) groups is 1. The van der Waals surface area contributed by atoms with Crippen molar-refractivity contribution >= 4 is 17.7 Å². The van der Waals surface area contributed by atoms with Crippen LogP contribution in [0.2, 0.25) is 0 Å². The maximum Gasteiger partial charge on any atom is 0.323 e. The first-order chi connectivity index (χ1) is 7.96. The van der Waals surface area contributed by atoms with E-state index in [1.54, 1.807) is 6.92 Å². The van der Waals surface area contributed by atoms with Crippen LogP contribution < -0.4 is 5.32 Å². The molecule has 0 fully saturated rings. The van der Waals surface area contributed by atoms with E-state index >= 15 is 0 Å². The fraction of sp³-hybridized carbons (Fsp3) is 0.923. The molecule has 0 aliphatic rings. The van der Waals surface area contributed by atoms with E-state index in [1.807, 2.05) is 18.7 Å². The minimum absolute atomic E-state index is 0.684. The number of carboxylic acid groups (broad SMARTS) is 1. The monoisotopic (exact) mass is 261 g/mol. The van der Waals surface area contributed by atoms with Gasteiger partial charge in [0.05, 0.1) is 0 Å². The molecule has 0 radical (unpaired) electrons. The van der Waals surface area contributed by atoms with Crippen LogP contribution in [0.3, 0.4) is 0 Å². The average Bonchev–Trinajstić information content (AvgIpc) is 2.31. The van der Waals surface area contributed by atoms with Gasteiger partial charge in [-0.25, -0.2) is 0 Å². The van der Waals surface area contributed by atoms with Gasteiger partial charge in [0.2, 0.25) is 0 Å². The Bertz CT molecular complexity index is 223. The molecule has 0 aliphatic heterocycles. The molecule has 0 aliphatic carbocycles. The second-order valence-corrected chi connectivity index (χ2v) is 6.05. The molecule has 3 nitrogen and oxygen atoms in total. The summed E-state index contributed by atoms with van der Waals surface area (Å²) in [4.78, 5) is 11.2. The Balaban J connectivity index is 3.96. The number of aliphatic carboxylic acids is 1. The molecule has 0 aromatic rings. The predicted molar refractivity (Wildman–Crippen MR) is 75.7 cm³/mol. The Labute approximate surface area is 110 Å². The van der Waals surface area contributed by atoms with Gasteiger partial charge in [0.1, 0.15) is 5.54 Å². The largest absolute Gasteiger partial charge is 0.480 e. The highest BCUT2D eigenvalue weighted by molar-refractivity contribution is 7.99. The SMILES string of the molecule is CCCNC(C)(CCSCC(C)CC)C(=O)O. The number of carbonyl (C=O) groups is 1. The third-order valence-electron chi connectivity index (χ3n) is 3.08. The van der Waals surface area contributed by atoms with E-state index in [9.17, 15) is 9.90 Å². The van der Waals surface area contributed by atoms with E-state index < -0.39 is 11.5 Å². The average molecular weight is 261 g/mol. The summed E-state index contributed by atoms with van der Waals surface area (Å²) in [6, 6.07) is 0. The summed E-state index contributed by atoms with van der Waals surface area (Å²) in [7, 11) is 0. The molecule has 0 rings (SSSR count). The van der Waals surface area contributed by atoms with Crippen LogP contribution in [0.4, 0.5) is 0 Å². The molecule has 0 heterocycles. The van der Waals surface area contributed by atoms with Crippen molar-refractivity contribution in [2.45, 2.75) is 52.5 Å². The van der Waals surface area contributed by atoms with E-state index in [1.165, 1.54) is 6.42 Å². The van der Waals surface area contributed by atoms with Gasteiger partial charge in [0.15, 0.2) is 0 Å². The van der Waals surface area contributed by atoms with E-state index in [0.29, 0.717) is 6.42 Å². The molecule has 0 bridgehead atoms. The molecular weight excluding hydrogens is 234 g/mol. The van der Waals surface area contributed by atoms with Gasteiger partial charge in [-0.2, -0.15) is 11.8 Å². The van der Waals surface area contributed by atoms with Gasteiger partial charge >= 0.3 is 5.97 Å². The molecule has 0 amide bonds. The number of nitrogens with one attached hydrogen (secondary N) is 1. The smallest absolute Gasteiger partial charge is 0.323 e. The van der Waals surface area contributed by atoms with Gasteiger partial charge < -0.3 is 10.4 Å². The maximum absolute atomic E-state index is 11.2. The molecule has 102 valence electrons. The van der Waals surface area contributed by atoms with Crippen molar-refractivity contribution in [1.29, 1.82) is 0 Å². The Morgan fingerprint density at radius 1 is 1.47 bits per heavy atom. The summed E-state index contributed by atoms with van der Waals surface area (Å²) < 4.78 is 0. The molecule has 4 heteroatoms. The highest BCUT2D eigenvalue weighted by Gasteiger charge is 2.31. The van der Waals surface area contributed by atoms with Crippen molar-refractivity contribution in [3.05, 3.63) is 0 Å². The quantitative estimate of drug-likeness (QED) is 0.594. The molecule has 2 N–H and O–H groups in total. The van der Waals surface area contributed by atoms with Crippen LogP contribution in [0.1, 0.15) is 47.0 Å². The zero-order chi connectivity index (χ0) is 13.3. The second-order valence-electron chi connectivity index (χ2n) is 4.90. The summed E-state index contributed by atoms with van der Waals surface area (Å²) in [5.74, 6) is 2.01. The summed E-state index contributed by atoms with van der Waals surface area (Å²) in [5.41, 5.74) is -0.765. The first-order valence-corrected chi connectivity index (χ1v) is 7.67. The lowest BCUT2D eigenvalue weighted by atomic mass is 9.99. The minimum Gasteiger partial charge on any atom is -0.480 e. The summed E-state index contributed by atoms with van der Waals surface area (Å²) in [5, 5.41) is 12.4. The van der Waals surface area contributed by atoms with Gasteiger partial charge in [-0.3, -0.25) is 4.79 Å². The van der Waals surface area contributed by atoms with E-state index in [4.69, 9.17) is 0 Å². The standard InChI is InChI=1S/C13H27NO2S/c1-5-8-14-13(4,12(15)16)7-9-17-10-11(3)6-2/h11,14H,5-10H2,1-4H3,(H,15,16). The second kappa shape index (κ2) is 8.81. The third kappa shape index (κ3) is 6.94. The Hall–Kier alpha value is -0.220. The summed E-state index contributed by atoms with van der Waals surface area (Å²) in [6.45, 7) is 9.02. The first kappa shape index (κ1) is 16.8. The van der Waals surface area contributed by atoms with Gasteiger partial charge in [0, 0.05) is 0 Å². The molecular formula is C13H27NO2S. The number of hydrogen-bond acceptors (Lipinski definition) is 3. The van der Waals surface area contributed by atoms with Gasteiger partial charge in [-0.05, 0) is 43.7 Å². The number of rotatable bonds is 10. The fourth-order valence-corrected chi connectivity index (χ4v) is 2.71. The molecule has 2 atom stereocenters. The third-order valence-corrected chi connectivity index (χ3v) is 4.38. The predicted octanol–water partition coefficient (Wildman–Crippen LogP) is 3.00. The lowest BCUT2D eigenvalue weighted by Gasteiger charge is -2.26. The van der Waals surface area contributed by atoms with Crippen molar-refractivity contribution in [2.24, 2.45) is 5.92 Å². The zero-order valence-electron chi connectivity index (χ0n) is 11.6. The molecule has 0 saturated carbocycles. The fourth-order valence-electron chi connectivity index (χ4n) is 1.35. The van der Waals surface area contributed by atoms with Gasteiger partial charge in [-0.15, -0.1) is 0 Å². The van der Waals surface area contributed by atoms with Crippen molar-refractivity contribution in [2.75, 3.05) is 18.1 Å². The minimum atomic E-state index is -0.765. The lowest BCUT2D eigenvalue weighted by molar-refractivity contribution is -0.144. The highest BCUT2D eigenvalue weighted by Crippen LogP contribution is 2.18. The summed E-state index contributed by atoms with van der Waals surface area (Å²) >= 11 is 1.86. The normalized spacial score (nSPS) is 16.5. The topological polar surface area (TPSA) is 49.3 Å². The molecule has 0 spiro atoms. The molecule has 2 unspecified atom stereocenters. The first-order valence-electron chi connectivity index (χ1n) is 6.52. The van der Waals surface area contributed by atoms with Crippen molar-refractivity contribution < 1.29 is 9.90 Å². The molecule has 17 heavy (non-hydrogen) atoms. The van der Waals surface area contributed by atoms with Gasteiger partial charge in [-0.1, -0.05) is 27.2 Å². The van der Waals surface area contributed by atoms with Crippen molar-refractivity contribution in [1.82, 2.24) is 5.32 Å². The Kier molecular flexibility index (Phi) is 8.70. The van der Waals surface area contributed by atoms with Crippen LogP contribution in [0.25, 0.3) is 0 Å². The van der Waals surface area contributed by atoms with E-state index in [0.717, 1.165) is 30.4 Å². The van der Waals surface area contributed by atoms with Crippen LogP contribution in [0.5, 0.6) is 0 Å². The molecule has 0 aromatic heterocycles. The zero-order valence-corrected chi connectivity index (χ0v) is 12.4. The Morgan fingerprint density at radius 3 is 2.59 bits per heavy atom. The van der Waals surface area contributed by atoms with E-state index in [-0.39, 0.29) is 0 Å². The Morgan fingerprint density at radius 2 is 2.12 bits per heavy atom. The summed E-state index contributed by atoms with van der Waals surface area (Å²) in [6.07, 6.45) is 2.84.